The molecule has 1 saturated heterocycles. The van der Waals surface area contributed by atoms with Crippen molar-refractivity contribution in [3.8, 4) is 0 Å². The Balaban J connectivity index is 0.000000401. The van der Waals surface area contributed by atoms with E-state index in [1.807, 2.05) is 27.7 Å². The lowest BCUT2D eigenvalue weighted by Crippen LogP contribution is -2.05. The van der Waals surface area contributed by atoms with Crippen molar-refractivity contribution in [1.82, 2.24) is 5.32 Å². The zero-order valence-corrected chi connectivity index (χ0v) is 11.3. The van der Waals surface area contributed by atoms with Crippen LogP contribution in [0, 0.1) is 0 Å². The fraction of sp³-hybridized carbons (Fsp3) is 1.00. The van der Waals surface area contributed by atoms with Crippen molar-refractivity contribution in [1.29, 1.82) is 0 Å². The van der Waals surface area contributed by atoms with Crippen molar-refractivity contribution >= 4 is 7.60 Å². The second-order valence-electron chi connectivity index (χ2n) is 3.78. The Morgan fingerprint density at radius 1 is 1.33 bits per heavy atom. The van der Waals surface area contributed by atoms with Crippen LogP contribution in [-0.2, 0) is 13.6 Å². The van der Waals surface area contributed by atoms with Crippen LogP contribution in [0.1, 0.15) is 34.6 Å². The molecule has 1 atom stereocenters. The summed E-state index contributed by atoms with van der Waals surface area (Å²) in [6.07, 6.45) is 0. The third-order valence-electron chi connectivity index (χ3n) is 1.86. The minimum atomic E-state index is -2.79. The SMILES string of the molecule is CC1CN1.CCOP(=O)(OCC)C(C)C. The van der Waals surface area contributed by atoms with E-state index in [1.54, 1.807) is 0 Å². The molecule has 1 aliphatic rings. The average molecular weight is 237 g/mol. The molecule has 1 aliphatic heterocycles. The van der Waals surface area contributed by atoms with Gasteiger partial charge < -0.3 is 14.4 Å². The summed E-state index contributed by atoms with van der Waals surface area (Å²) in [6.45, 7) is 11.6. The van der Waals surface area contributed by atoms with Gasteiger partial charge in [-0.3, -0.25) is 4.57 Å². The third kappa shape index (κ3) is 7.07. The highest BCUT2D eigenvalue weighted by atomic mass is 31.2. The molecule has 0 radical (unpaired) electrons. The molecule has 15 heavy (non-hydrogen) atoms. The molecule has 0 aromatic rings. The van der Waals surface area contributed by atoms with Crippen LogP contribution in [0.2, 0.25) is 0 Å². The molecular formula is C10H24NO3P. The van der Waals surface area contributed by atoms with E-state index in [2.05, 4.69) is 12.2 Å². The number of rotatable bonds is 5. The van der Waals surface area contributed by atoms with Crippen molar-refractivity contribution in [2.45, 2.75) is 46.3 Å². The van der Waals surface area contributed by atoms with Gasteiger partial charge in [0.1, 0.15) is 0 Å². The quantitative estimate of drug-likeness (QED) is 0.590. The largest absolute Gasteiger partial charge is 0.333 e. The van der Waals surface area contributed by atoms with Gasteiger partial charge in [0.15, 0.2) is 0 Å². The van der Waals surface area contributed by atoms with Crippen LogP contribution in [0.3, 0.4) is 0 Å². The van der Waals surface area contributed by atoms with Crippen LogP contribution >= 0.6 is 7.60 Å². The summed E-state index contributed by atoms with van der Waals surface area (Å²) in [5, 5.41) is 3.10. The van der Waals surface area contributed by atoms with E-state index < -0.39 is 7.60 Å². The first kappa shape index (κ1) is 15.1. The van der Waals surface area contributed by atoms with Crippen LogP contribution in [0.15, 0.2) is 0 Å². The van der Waals surface area contributed by atoms with Crippen molar-refractivity contribution in [2.24, 2.45) is 0 Å². The molecule has 4 nitrogen and oxygen atoms in total. The molecule has 5 heteroatoms. The molecule has 0 amide bonds. The summed E-state index contributed by atoms with van der Waals surface area (Å²) in [5.74, 6) is 0. The predicted molar refractivity (Wildman–Crippen MR) is 63.5 cm³/mol. The highest BCUT2D eigenvalue weighted by Gasteiger charge is 2.27. The van der Waals surface area contributed by atoms with E-state index in [0.29, 0.717) is 13.2 Å². The van der Waals surface area contributed by atoms with Gasteiger partial charge >= 0.3 is 7.60 Å². The van der Waals surface area contributed by atoms with Gasteiger partial charge in [-0.25, -0.2) is 0 Å². The fourth-order valence-corrected chi connectivity index (χ4v) is 2.20. The van der Waals surface area contributed by atoms with Crippen LogP contribution in [-0.4, -0.2) is 31.5 Å². The minimum absolute atomic E-state index is 0.0533. The minimum Gasteiger partial charge on any atom is -0.311 e. The molecule has 1 N–H and O–H groups in total. The van der Waals surface area contributed by atoms with Crippen molar-refractivity contribution in [3.63, 3.8) is 0 Å². The van der Waals surface area contributed by atoms with Crippen LogP contribution in [0.5, 0.6) is 0 Å². The van der Waals surface area contributed by atoms with Gasteiger partial charge in [0, 0.05) is 12.6 Å². The molecule has 1 fully saturated rings. The summed E-state index contributed by atoms with van der Waals surface area (Å²) in [5.41, 5.74) is -0.0533. The molecule has 1 unspecified atom stereocenters. The number of hydrogen-bond acceptors (Lipinski definition) is 4. The summed E-state index contributed by atoms with van der Waals surface area (Å²) >= 11 is 0. The van der Waals surface area contributed by atoms with Crippen LogP contribution in [0.4, 0.5) is 0 Å². The Bertz CT molecular complexity index is 195. The average Bonchev–Trinajstić information content (AvgIpc) is 2.89. The third-order valence-corrected chi connectivity index (χ3v) is 4.36. The van der Waals surface area contributed by atoms with E-state index in [9.17, 15) is 4.57 Å². The fourth-order valence-electron chi connectivity index (χ4n) is 0.813. The molecule has 0 saturated carbocycles. The molecule has 1 rings (SSSR count). The molecule has 0 aliphatic carbocycles. The van der Waals surface area contributed by atoms with E-state index in [1.165, 1.54) is 6.54 Å². The first-order valence-corrected chi connectivity index (χ1v) is 7.19. The monoisotopic (exact) mass is 237 g/mol. The topological polar surface area (TPSA) is 57.5 Å². The zero-order valence-electron chi connectivity index (χ0n) is 10.4. The Morgan fingerprint density at radius 2 is 1.67 bits per heavy atom. The molecule has 92 valence electrons. The highest BCUT2D eigenvalue weighted by Crippen LogP contribution is 2.52. The summed E-state index contributed by atoms with van der Waals surface area (Å²) in [4.78, 5) is 0. The van der Waals surface area contributed by atoms with Gasteiger partial charge in [-0.15, -0.1) is 0 Å². The highest BCUT2D eigenvalue weighted by molar-refractivity contribution is 7.54. The zero-order chi connectivity index (χ0) is 11.9. The van der Waals surface area contributed by atoms with Gasteiger partial charge in [0.2, 0.25) is 0 Å². The first-order chi connectivity index (χ1) is 6.96. The second-order valence-corrected chi connectivity index (χ2v) is 6.41. The molecule has 1 heterocycles. The summed E-state index contributed by atoms with van der Waals surface area (Å²) in [7, 11) is -2.79. The maximum absolute atomic E-state index is 11.7. The standard InChI is InChI=1S/C7H17O3P.C3H7N/c1-5-9-11(8,7(3)4)10-6-2;1-3-2-4-3/h7H,5-6H2,1-4H3;3-4H,2H2,1H3. The van der Waals surface area contributed by atoms with Gasteiger partial charge in [-0.1, -0.05) is 13.8 Å². The van der Waals surface area contributed by atoms with Gasteiger partial charge in [0.05, 0.1) is 18.9 Å². The molecular weight excluding hydrogens is 213 g/mol. The maximum Gasteiger partial charge on any atom is 0.333 e. The Hall–Kier alpha value is 0.110. The molecule has 0 aromatic heterocycles. The van der Waals surface area contributed by atoms with E-state index in [4.69, 9.17) is 9.05 Å². The first-order valence-electron chi connectivity index (χ1n) is 5.58. The Morgan fingerprint density at radius 3 is 1.80 bits per heavy atom. The number of nitrogens with one attached hydrogen (secondary N) is 1. The smallest absolute Gasteiger partial charge is 0.311 e. The lowest BCUT2D eigenvalue weighted by atomic mass is 10.6. The predicted octanol–water partition coefficient (Wildman–Crippen LogP) is 2.64. The van der Waals surface area contributed by atoms with Crippen molar-refractivity contribution in [2.75, 3.05) is 19.8 Å². The summed E-state index contributed by atoms with van der Waals surface area (Å²) in [6, 6.07) is 0.833. The Labute approximate surface area is 93.3 Å². The van der Waals surface area contributed by atoms with Gasteiger partial charge in [-0.2, -0.15) is 0 Å². The Kier molecular flexibility index (Phi) is 7.45. The van der Waals surface area contributed by atoms with E-state index in [0.717, 1.165) is 6.04 Å². The molecule has 0 spiro atoms. The van der Waals surface area contributed by atoms with E-state index in [-0.39, 0.29) is 5.66 Å². The van der Waals surface area contributed by atoms with Crippen LogP contribution in [0.25, 0.3) is 0 Å². The maximum atomic E-state index is 11.7. The summed E-state index contributed by atoms with van der Waals surface area (Å²) < 4.78 is 21.8. The lowest BCUT2D eigenvalue weighted by molar-refractivity contribution is 0.214. The molecule has 0 bridgehead atoms. The van der Waals surface area contributed by atoms with Gasteiger partial charge in [0.25, 0.3) is 0 Å². The second kappa shape index (κ2) is 7.39. The van der Waals surface area contributed by atoms with E-state index >= 15 is 0 Å². The molecule has 0 aromatic carbocycles. The van der Waals surface area contributed by atoms with Crippen LogP contribution < -0.4 is 5.32 Å². The van der Waals surface area contributed by atoms with Crippen molar-refractivity contribution in [3.05, 3.63) is 0 Å². The normalized spacial score (nSPS) is 19.7. The lowest BCUT2D eigenvalue weighted by Gasteiger charge is -2.19. The number of hydrogen-bond donors (Lipinski definition) is 1. The van der Waals surface area contributed by atoms with Crippen molar-refractivity contribution < 1.29 is 13.6 Å². The van der Waals surface area contributed by atoms with Gasteiger partial charge in [-0.05, 0) is 20.8 Å².